The van der Waals surface area contributed by atoms with Crippen molar-refractivity contribution < 1.29 is 0 Å². The maximum absolute atomic E-state index is 4.33. The number of nitrogens with one attached hydrogen (secondary N) is 1. The molecular formula is C16H23N3S. The molecule has 0 amide bonds. The third-order valence-corrected chi connectivity index (χ3v) is 4.63. The number of rotatable bonds is 6. The molecule has 0 aliphatic carbocycles. The van der Waals surface area contributed by atoms with Crippen LogP contribution >= 0.6 is 11.3 Å². The molecular weight excluding hydrogens is 266 g/mol. The van der Waals surface area contributed by atoms with E-state index in [9.17, 15) is 0 Å². The van der Waals surface area contributed by atoms with Gasteiger partial charge in [-0.15, -0.1) is 11.3 Å². The summed E-state index contributed by atoms with van der Waals surface area (Å²) in [5.41, 5.74) is 5.72. The van der Waals surface area contributed by atoms with E-state index < -0.39 is 0 Å². The number of aryl methyl sites for hydroxylation is 1. The van der Waals surface area contributed by atoms with E-state index in [1.54, 1.807) is 11.3 Å². The lowest BCUT2D eigenvalue weighted by Gasteiger charge is -2.26. The molecule has 1 atom stereocenters. The molecule has 1 N–H and O–H groups in total. The van der Waals surface area contributed by atoms with Gasteiger partial charge in [-0.25, -0.2) is 4.98 Å². The molecule has 0 radical (unpaired) electrons. The Morgan fingerprint density at radius 3 is 2.70 bits per heavy atom. The SMILES string of the molecule is CCC(NC)c1ccccc1N(C)Cc1scnc1C. The zero-order valence-corrected chi connectivity index (χ0v) is 13.5. The Kier molecular flexibility index (Phi) is 5.15. The van der Waals surface area contributed by atoms with Crippen molar-refractivity contribution >= 4 is 17.0 Å². The first kappa shape index (κ1) is 15.0. The topological polar surface area (TPSA) is 28.2 Å². The van der Waals surface area contributed by atoms with Crippen LogP contribution < -0.4 is 10.2 Å². The van der Waals surface area contributed by atoms with Gasteiger partial charge in [-0.05, 0) is 32.0 Å². The van der Waals surface area contributed by atoms with Gasteiger partial charge in [-0.3, -0.25) is 0 Å². The van der Waals surface area contributed by atoms with Gasteiger partial charge in [0.15, 0.2) is 0 Å². The van der Waals surface area contributed by atoms with E-state index in [-0.39, 0.29) is 0 Å². The normalized spacial score (nSPS) is 12.4. The van der Waals surface area contributed by atoms with E-state index in [2.05, 4.69) is 60.4 Å². The molecule has 0 bridgehead atoms. The van der Waals surface area contributed by atoms with Crippen LogP contribution in [0.3, 0.4) is 0 Å². The summed E-state index contributed by atoms with van der Waals surface area (Å²) in [5, 5.41) is 3.40. The van der Waals surface area contributed by atoms with E-state index in [1.165, 1.54) is 16.1 Å². The van der Waals surface area contributed by atoms with Crippen LogP contribution in [0.1, 0.15) is 35.5 Å². The molecule has 0 saturated carbocycles. The summed E-state index contributed by atoms with van der Waals surface area (Å²) in [5.74, 6) is 0. The van der Waals surface area contributed by atoms with Crippen LogP contribution in [0.2, 0.25) is 0 Å². The fraction of sp³-hybridized carbons (Fsp3) is 0.438. The predicted molar refractivity (Wildman–Crippen MR) is 87.5 cm³/mol. The van der Waals surface area contributed by atoms with Gasteiger partial charge < -0.3 is 10.2 Å². The largest absolute Gasteiger partial charge is 0.369 e. The molecule has 0 aliphatic rings. The molecule has 2 aromatic rings. The van der Waals surface area contributed by atoms with Crippen LogP contribution in [-0.2, 0) is 6.54 Å². The third-order valence-electron chi connectivity index (χ3n) is 3.71. The van der Waals surface area contributed by atoms with E-state index in [0.29, 0.717) is 6.04 Å². The molecule has 2 rings (SSSR count). The molecule has 1 unspecified atom stereocenters. The highest BCUT2D eigenvalue weighted by Crippen LogP contribution is 2.29. The Hall–Kier alpha value is -1.39. The fourth-order valence-corrected chi connectivity index (χ4v) is 3.32. The average Bonchev–Trinajstić information content (AvgIpc) is 2.86. The van der Waals surface area contributed by atoms with E-state index in [0.717, 1.165) is 18.7 Å². The van der Waals surface area contributed by atoms with Gasteiger partial charge in [0.1, 0.15) is 0 Å². The van der Waals surface area contributed by atoms with Crippen LogP contribution in [0.15, 0.2) is 29.8 Å². The first-order valence-corrected chi connectivity index (χ1v) is 7.91. The second kappa shape index (κ2) is 6.86. The van der Waals surface area contributed by atoms with Gasteiger partial charge in [-0.2, -0.15) is 0 Å². The van der Waals surface area contributed by atoms with E-state index in [1.807, 2.05) is 12.6 Å². The molecule has 1 aromatic carbocycles. The van der Waals surface area contributed by atoms with Crippen LogP contribution in [0.4, 0.5) is 5.69 Å². The van der Waals surface area contributed by atoms with Crippen LogP contribution in [0.5, 0.6) is 0 Å². The lowest BCUT2D eigenvalue weighted by Crippen LogP contribution is -2.22. The molecule has 108 valence electrons. The Morgan fingerprint density at radius 1 is 1.35 bits per heavy atom. The molecule has 3 nitrogen and oxygen atoms in total. The summed E-state index contributed by atoms with van der Waals surface area (Å²) in [6.07, 6.45) is 1.08. The van der Waals surface area contributed by atoms with Crippen molar-refractivity contribution in [3.63, 3.8) is 0 Å². The van der Waals surface area contributed by atoms with Gasteiger partial charge in [0, 0.05) is 23.7 Å². The lowest BCUT2D eigenvalue weighted by molar-refractivity contribution is 0.576. The second-order valence-corrected chi connectivity index (χ2v) is 5.96. The zero-order chi connectivity index (χ0) is 14.5. The number of aromatic nitrogens is 1. The highest BCUT2D eigenvalue weighted by Gasteiger charge is 2.15. The first-order valence-electron chi connectivity index (χ1n) is 7.03. The molecule has 0 spiro atoms. The molecule has 1 heterocycles. The highest BCUT2D eigenvalue weighted by molar-refractivity contribution is 7.09. The van der Waals surface area contributed by atoms with Crippen LogP contribution in [0.25, 0.3) is 0 Å². The number of hydrogen-bond donors (Lipinski definition) is 1. The van der Waals surface area contributed by atoms with Crippen molar-refractivity contribution in [2.24, 2.45) is 0 Å². The minimum atomic E-state index is 0.399. The van der Waals surface area contributed by atoms with Crippen molar-refractivity contribution in [1.82, 2.24) is 10.3 Å². The minimum absolute atomic E-state index is 0.399. The van der Waals surface area contributed by atoms with Crippen LogP contribution in [-0.4, -0.2) is 19.1 Å². The van der Waals surface area contributed by atoms with Crippen molar-refractivity contribution in [3.8, 4) is 0 Å². The lowest BCUT2D eigenvalue weighted by atomic mass is 10.0. The summed E-state index contributed by atoms with van der Waals surface area (Å²) >= 11 is 1.73. The number of benzene rings is 1. The maximum atomic E-state index is 4.33. The summed E-state index contributed by atoms with van der Waals surface area (Å²) in [6.45, 7) is 5.20. The molecule has 0 fully saturated rings. The zero-order valence-electron chi connectivity index (χ0n) is 12.7. The summed E-state index contributed by atoms with van der Waals surface area (Å²) < 4.78 is 0. The highest BCUT2D eigenvalue weighted by atomic mass is 32.1. The van der Waals surface area contributed by atoms with Gasteiger partial charge in [-0.1, -0.05) is 25.1 Å². The van der Waals surface area contributed by atoms with Gasteiger partial charge in [0.25, 0.3) is 0 Å². The number of nitrogens with zero attached hydrogens (tertiary/aromatic N) is 2. The number of anilines is 1. The second-order valence-electron chi connectivity index (χ2n) is 5.03. The van der Waals surface area contributed by atoms with Crippen molar-refractivity contribution in [2.45, 2.75) is 32.9 Å². The van der Waals surface area contributed by atoms with E-state index in [4.69, 9.17) is 0 Å². The quantitative estimate of drug-likeness (QED) is 0.877. The Bertz CT molecular complexity index is 546. The van der Waals surface area contributed by atoms with Gasteiger partial charge in [0.05, 0.1) is 17.7 Å². The third kappa shape index (κ3) is 3.19. The summed E-state index contributed by atoms with van der Waals surface area (Å²) in [7, 11) is 4.18. The minimum Gasteiger partial charge on any atom is -0.369 e. The summed E-state index contributed by atoms with van der Waals surface area (Å²) in [6, 6.07) is 9.04. The standard InChI is InChI=1S/C16H23N3S/c1-5-14(17-3)13-8-6-7-9-15(13)19(4)10-16-12(2)18-11-20-16/h6-9,11,14,17H,5,10H2,1-4H3. The maximum Gasteiger partial charge on any atom is 0.0798 e. The van der Waals surface area contributed by atoms with Crippen molar-refractivity contribution in [3.05, 3.63) is 45.9 Å². The Morgan fingerprint density at radius 2 is 2.10 bits per heavy atom. The molecule has 0 saturated heterocycles. The number of para-hydroxylation sites is 1. The monoisotopic (exact) mass is 289 g/mol. The number of thiazole rings is 1. The van der Waals surface area contributed by atoms with Crippen molar-refractivity contribution in [1.29, 1.82) is 0 Å². The molecule has 20 heavy (non-hydrogen) atoms. The van der Waals surface area contributed by atoms with Crippen molar-refractivity contribution in [2.75, 3.05) is 19.0 Å². The first-order chi connectivity index (χ1) is 9.67. The summed E-state index contributed by atoms with van der Waals surface area (Å²) in [4.78, 5) is 7.98. The fourth-order valence-electron chi connectivity index (χ4n) is 2.49. The van der Waals surface area contributed by atoms with Gasteiger partial charge >= 0.3 is 0 Å². The number of hydrogen-bond acceptors (Lipinski definition) is 4. The van der Waals surface area contributed by atoms with E-state index >= 15 is 0 Å². The Labute approximate surface area is 125 Å². The molecule has 1 aromatic heterocycles. The molecule has 4 heteroatoms. The van der Waals surface area contributed by atoms with Gasteiger partial charge in [0.2, 0.25) is 0 Å². The smallest absolute Gasteiger partial charge is 0.0798 e. The molecule has 0 aliphatic heterocycles. The van der Waals surface area contributed by atoms with Crippen LogP contribution in [0, 0.1) is 6.92 Å². The average molecular weight is 289 g/mol. The Balaban J connectivity index is 2.25. The predicted octanol–water partition coefficient (Wildman–Crippen LogP) is 3.76.